The second-order valence-electron chi connectivity index (χ2n) is 2.69. The molecular weight excluding hydrogens is 138 g/mol. The molecule has 62 valence electrons. The fraction of sp³-hybridized carbons (Fsp3) is 0.625. The monoisotopic (exact) mass is 153 g/mol. The number of aromatic nitrogens is 2. The van der Waals surface area contributed by atoms with E-state index in [-0.39, 0.29) is 0 Å². The first kappa shape index (κ1) is 8.11. The number of nitrogens with two attached hydrogens (primary N) is 1. The van der Waals surface area contributed by atoms with Crippen molar-refractivity contribution < 1.29 is 0 Å². The van der Waals surface area contributed by atoms with Gasteiger partial charge in [0.1, 0.15) is 5.82 Å². The minimum Gasteiger partial charge on any atom is -0.384 e. The summed E-state index contributed by atoms with van der Waals surface area (Å²) in [6.45, 7) is 3.14. The van der Waals surface area contributed by atoms with Crippen LogP contribution in [0, 0.1) is 0 Å². The Kier molecular flexibility index (Phi) is 2.95. The predicted octanol–water partition coefficient (Wildman–Crippen LogP) is 1.66. The molecule has 0 aromatic carbocycles. The van der Waals surface area contributed by atoms with Crippen LogP contribution in [0.1, 0.15) is 26.2 Å². The summed E-state index contributed by atoms with van der Waals surface area (Å²) in [6.07, 6.45) is 5.39. The maximum atomic E-state index is 5.62. The van der Waals surface area contributed by atoms with Gasteiger partial charge in [0.05, 0.1) is 6.20 Å². The summed E-state index contributed by atoms with van der Waals surface area (Å²) in [7, 11) is 0. The van der Waals surface area contributed by atoms with Crippen LogP contribution < -0.4 is 5.73 Å². The van der Waals surface area contributed by atoms with E-state index in [2.05, 4.69) is 12.0 Å². The summed E-state index contributed by atoms with van der Waals surface area (Å²) >= 11 is 0. The number of unbranched alkanes of at least 4 members (excludes halogenated alkanes) is 2. The average Bonchev–Trinajstić information content (AvgIpc) is 2.37. The summed E-state index contributed by atoms with van der Waals surface area (Å²) in [5, 5.41) is 4.08. The van der Waals surface area contributed by atoms with Crippen LogP contribution in [0.25, 0.3) is 0 Å². The lowest BCUT2D eigenvalue weighted by Crippen LogP contribution is -2.04. The molecule has 0 atom stereocenters. The zero-order valence-corrected chi connectivity index (χ0v) is 6.95. The lowest BCUT2D eigenvalue weighted by atomic mass is 10.2. The standard InChI is InChI=1S/C8H15N3/c1-2-3-4-7-11-8(9)5-6-10-11/h5-6H,2-4,7,9H2,1H3. The van der Waals surface area contributed by atoms with E-state index in [9.17, 15) is 0 Å². The molecule has 0 fully saturated rings. The molecule has 0 aliphatic heterocycles. The highest BCUT2D eigenvalue weighted by Crippen LogP contribution is 2.03. The molecular formula is C8H15N3. The molecule has 2 N–H and O–H groups in total. The highest BCUT2D eigenvalue weighted by molar-refractivity contribution is 5.25. The second-order valence-corrected chi connectivity index (χ2v) is 2.69. The van der Waals surface area contributed by atoms with Gasteiger partial charge in [0.25, 0.3) is 0 Å². The van der Waals surface area contributed by atoms with Gasteiger partial charge in [-0.25, -0.2) is 0 Å². The smallest absolute Gasteiger partial charge is 0.121 e. The van der Waals surface area contributed by atoms with Crippen LogP contribution in [-0.2, 0) is 6.54 Å². The molecule has 0 spiro atoms. The number of rotatable bonds is 4. The number of nitrogen functional groups attached to an aromatic ring is 1. The molecule has 0 aliphatic carbocycles. The van der Waals surface area contributed by atoms with E-state index >= 15 is 0 Å². The largest absolute Gasteiger partial charge is 0.384 e. The molecule has 3 heteroatoms. The average molecular weight is 153 g/mol. The SMILES string of the molecule is CCCCCn1nccc1N. The van der Waals surface area contributed by atoms with Crippen LogP contribution in [0.15, 0.2) is 12.3 Å². The molecule has 1 rings (SSSR count). The highest BCUT2D eigenvalue weighted by Gasteiger charge is 1.95. The normalized spacial score (nSPS) is 10.3. The van der Waals surface area contributed by atoms with Gasteiger partial charge >= 0.3 is 0 Å². The minimum atomic E-state index is 0.765. The number of nitrogens with zero attached hydrogens (tertiary/aromatic N) is 2. The molecule has 3 nitrogen and oxygen atoms in total. The minimum absolute atomic E-state index is 0.765. The summed E-state index contributed by atoms with van der Waals surface area (Å²) in [4.78, 5) is 0. The van der Waals surface area contributed by atoms with E-state index in [4.69, 9.17) is 5.73 Å². The van der Waals surface area contributed by atoms with Gasteiger partial charge in [-0.15, -0.1) is 0 Å². The highest BCUT2D eigenvalue weighted by atomic mass is 15.3. The third-order valence-corrected chi connectivity index (χ3v) is 1.72. The molecule has 0 saturated heterocycles. The van der Waals surface area contributed by atoms with Gasteiger partial charge in [-0.1, -0.05) is 19.8 Å². The maximum Gasteiger partial charge on any atom is 0.121 e. The number of hydrogen-bond acceptors (Lipinski definition) is 2. The Bertz CT molecular complexity index is 205. The number of hydrogen-bond donors (Lipinski definition) is 1. The van der Waals surface area contributed by atoms with Crippen molar-refractivity contribution in [1.29, 1.82) is 0 Å². The predicted molar refractivity (Wildman–Crippen MR) is 46.2 cm³/mol. The zero-order chi connectivity index (χ0) is 8.10. The molecule has 0 aliphatic rings. The molecule has 0 bridgehead atoms. The van der Waals surface area contributed by atoms with E-state index in [0.29, 0.717) is 0 Å². The Labute approximate surface area is 67.2 Å². The van der Waals surface area contributed by atoms with Gasteiger partial charge in [0, 0.05) is 6.54 Å². The van der Waals surface area contributed by atoms with Gasteiger partial charge in [-0.3, -0.25) is 4.68 Å². The summed E-state index contributed by atoms with van der Waals surface area (Å²) in [6, 6.07) is 1.83. The lowest BCUT2D eigenvalue weighted by molar-refractivity contribution is 0.559. The molecule has 11 heavy (non-hydrogen) atoms. The number of anilines is 1. The van der Waals surface area contributed by atoms with Crippen LogP contribution in [-0.4, -0.2) is 9.78 Å². The fourth-order valence-electron chi connectivity index (χ4n) is 1.04. The first-order chi connectivity index (χ1) is 5.34. The lowest BCUT2D eigenvalue weighted by Gasteiger charge is -2.01. The van der Waals surface area contributed by atoms with Crippen LogP contribution in [0.5, 0.6) is 0 Å². The Hall–Kier alpha value is -0.990. The van der Waals surface area contributed by atoms with E-state index in [0.717, 1.165) is 12.4 Å². The third kappa shape index (κ3) is 2.26. The molecule has 0 unspecified atom stereocenters. The van der Waals surface area contributed by atoms with Crippen LogP contribution >= 0.6 is 0 Å². The van der Waals surface area contributed by atoms with Gasteiger partial charge < -0.3 is 5.73 Å². The molecule has 0 radical (unpaired) electrons. The van der Waals surface area contributed by atoms with Crippen LogP contribution in [0.3, 0.4) is 0 Å². The molecule has 1 aromatic heterocycles. The van der Waals surface area contributed by atoms with Crippen LogP contribution in [0.2, 0.25) is 0 Å². The van der Waals surface area contributed by atoms with E-state index in [1.165, 1.54) is 19.3 Å². The summed E-state index contributed by atoms with van der Waals surface area (Å²) < 4.78 is 1.84. The van der Waals surface area contributed by atoms with Gasteiger partial charge in [0.15, 0.2) is 0 Å². The summed E-state index contributed by atoms with van der Waals surface area (Å²) in [5.74, 6) is 0.765. The van der Waals surface area contributed by atoms with E-state index < -0.39 is 0 Å². The Morgan fingerprint density at radius 1 is 1.55 bits per heavy atom. The van der Waals surface area contributed by atoms with Crippen molar-refractivity contribution in [1.82, 2.24) is 9.78 Å². The second kappa shape index (κ2) is 4.01. The van der Waals surface area contributed by atoms with Gasteiger partial charge in [0.2, 0.25) is 0 Å². The van der Waals surface area contributed by atoms with Crippen molar-refractivity contribution in [2.45, 2.75) is 32.7 Å². The van der Waals surface area contributed by atoms with Crippen molar-refractivity contribution in [2.24, 2.45) is 0 Å². The Balaban J connectivity index is 2.32. The van der Waals surface area contributed by atoms with Crippen molar-refractivity contribution >= 4 is 5.82 Å². The van der Waals surface area contributed by atoms with Gasteiger partial charge in [-0.2, -0.15) is 5.10 Å². The zero-order valence-electron chi connectivity index (χ0n) is 6.95. The quantitative estimate of drug-likeness (QED) is 0.668. The van der Waals surface area contributed by atoms with Crippen molar-refractivity contribution in [3.05, 3.63) is 12.3 Å². The van der Waals surface area contributed by atoms with Crippen LogP contribution in [0.4, 0.5) is 5.82 Å². The maximum absolute atomic E-state index is 5.62. The first-order valence-electron chi connectivity index (χ1n) is 4.12. The summed E-state index contributed by atoms with van der Waals surface area (Å²) in [5.41, 5.74) is 5.62. The van der Waals surface area contributed by atoms with E-state index in [1.54, 1.807) is 6.20 Å². The molecule has 1 aromatic rings. The topological polar surface area (TPSA) is 43.8 Å². The Morgan fingerprint density at radius 2 is 2.36 bits per heavy atom. The Morgan fingerprint density at radius 3 is 2.91 bits per heavy atom. The fourth-order valence-corrected chi connectivity index (χ4v) is 1.04. The van der Waals surface area contributed by atoms with E-state index in [1.807, 2.05) is 10.7 Å². The van der Waals surface area contributed by atoms with Crippen molar-refractivity contribution in [3.63, 3.8) is 0 Å². The third-order valence-electron chi connectivity index (χ3n) is 1.72. The molecule has 1 heterocycles. The van der Waals surface area contributed by atoms with Crippen molar-refractivity contribution in [3.8, 4) is 0 Å². The molecule has 0 saturated carbocycles. The van der Waals surface area contributed by atoms with Gasteiger partial charge in [-0.05, 0) is 12.5 Å². The molecule has 0 amide bonds. The van der Waals surface area contributed by atoms with Crippen molar-refractivity contribution in [2.75, 3.05) is 5.73 Å². The number of aryl methyl sites for hydroxylation is 1. The first-order valence-corrected chi connectivity index (χ1v) is 4.12.